The molecule has 0 aromatic carbocycles. The summed E-state index contributed by atoms with van der Waals surface area (Å²) in [6.45, 7) is 0. The van der Waals surface area contributed by atoms with Gasteiger partial charge in [-0.2, -0.15) is 0 Å². The van der Waals surface area contributed by atoms with Crippen molar-refractivity contribution in [2.75, 3.05) is 7.11 Å². The first-order valence-electron chi connectivity index (χ1n) is 3.85. The SMILES string of the molecule is COC(=O)C1CC2CC2C1=O. The summed E-state index contributed by atoms with van der Waals surface area (Å²) >= 11 is 0. The van der Waals surface area contributed by atoms with Crippen LogP contribution in [-0.2, 0) is 14.3 Å². The van der Waals surface area contributed by atoms with Gasteiger partial charge < -0.3 is 4.74 Å². The fourth-order valence-corrected chi connectivity index (χ4v) is 1.89. The molecule has 0 bridgehead atoms. The molecule has 2 aliphatic rings. The van der Waals surface area contributed by atoms with Crippen molar-refractivity contribution >= 4 is 11.8 Å². The van der Waals surface area contributed by atoms with Gasteiger partial charge in [0, 0.05) is 5.92 Å². The first kappa shape index (κ1) is 6.83. The van der Waals surface area contributed by atoms with Crippen LogP contribution in [0.1, 0.15) is 12.8 Å². The third-order valence-corrected chi connectivity index (χ3v) is 2.66. The lowest BCUT2D eigenvalue weighted by Gasteiger charge is -2.06. The fraction of sp³-hybridized carbons (Fsp3) is 0.750. The van der Waals surface area contributed by atoms with Crippen molar-refractivity contribution in [3.05, 3.63) is 0 Å². The van der Waals surface area contributed by atoms with Crippen LogP contribution in [0.5, 0.6) is 0 Å². The Balaban J connectivity index is 2.07. The Bertz CT molecular complexity index is 221. The van der Waals surface area contributed by atoms with Gasteiger partial charge in [-0.1, -0.05) is 0 Å². The maximum absolute atomic E-state index is 11.2. The monoisotopic (exact) mass is 154 g/mol. The van der Waals surface area contributed by atoms with Crippen LogP contribution >= 0.6 is 0 Å². The molecule has 11 heavy (non-hydrogen) atoms. The Morgan fingerprint density at radius 3 is 2.73 bits per heavy atom. The molecule has 3 unspecified atom stereocenters. The van der Waals surface area contributed by atoms with E-state index in [0.29, 0.717) is 5.92 Å². The molecule has 0 saturated heterocycles. The lowest BCUT2D eigenvalue weighted by Crippen LogP contribution is -2.22. The van der Waals surface area contributed by atoms with E-state index >= 15 is 0 Å². The third-order valence-electron chi connectivity index (χ3n) is 2.66. The number of ether oxygens (including phenoxy) is 1. The summed E-state index contributed by atoms with van der Waals surface area (Å²) in [5.74, 6) is 0.0542. The highest BCUT2D eigenvalue weighted by Gasteiger charge is 2.55. The minimum atomic E-state index is -0.427. The van der Waals surface area contributed by atoms with Crippen LogP contribution < -0.4 is 0 Å². The topological polar surface area (TPSA) is 43.4 Å². The molecule has 0 aliphatic heterocycles. The van der Waals surface area contributed by atoms with Crippen LogP contribution in [0, 0.1) is 17.8 Å². The van der Waals surface area contributed by atoms with E-state index in [0.717, 1.165) is 12.8 Å². The Hall–Kier alpha value is -0.860. The lowest BCUT2D eigenvalue weighted by molar-refractivity contribution is -0.148. The van der Waals surface area contributed by atoms with E-state index in [9.17, 15) is 9.59 Å². The van der Waals surface area contributed by atoms with Gasteiger partial charge in [0.05, 0.1) is 7.11 Å². The van der Waals surface area contributed by atoms with Crippen molar-refractivity contribution in [2.24, 2.45) is 17.8 Å². The van der Waals surface area contributed by atoms with Crippen molar-refractivity contribution in [3.8, 4) is 0 Å². The van der Waals surface area contributed by atoms with Crippen LogP contribution in [0.25, 0.3) is 0 Å². The van der Waals surface area contributed by atoms with Crippen molar-refractivity contribution in [3.63, 3.8) is 0 Å². The highest BCUT2D eigenvalue weighted by Crippen LogP contribution is 2.52. The molecular formula is C8H10O3. The van der Waals surface area contributed by atoms with Crippen molar-refractivity contribution < 1.29 is 14.3 Å². The van der Waals surface area contributed by atoms with E-state index < -0.39 is 5.92 Å². The number of carbonyl (C=O) groups is 2. The molecule has 2 aliphatic carbocycles. The Morgan fingerprint density at radius 1 is 1.55 bits per heavy atom. The quantitative estimate of drug-likeness (QED) is 0.405. The normalized spacial score (nSPS) is 40.1. The van der Waals surface area contributed by atoms with Crippen molar-refractivity contribution in [2.45, 2.75) is 12.8 Å². The number of hydrogen-bond acceptors (Lipinski definition) is 3. The average molecular weight is 154 g/mol. The number of carbonyl (C=O) groups excluding carboxylic acids is 2. The van der Waals surface area contributed by atoms with E-state index in [2.05, 4.69) is 4.74 Å². The zero-order chi connectivity index (χ0) is 8.01. The number of ketones is 1. The molecule has 0 N–H and O–H groups in total. The van der Waals surface area contributed by atoms with E-state index in [-0.39, 0.29) is 17.7 Å². The number of hydrogen-bond donors (Lipinski definition) is 0. The molecule has 2 fully saturated rings. The predicted octanol–water partition coefficient (Wildman–Crippen LogP) is 0.384. The lowest BCUT2D eigenvalue weighted by atomic mass is 10.0. The minimum Gasteiger partial charge on any atom is -0.468 e. The van der Waals surface area contributed by atoms with Crippen LogP contribution in [-0.4, -0.2) is 18.9 Å². The Labute approximate surface area is 64.7 Å². The molecular weight excluding hydrogens is 144 g/mol. The van der Waals surface area contributed by atoms with Crippen LogP contribution in [0.4, 0.5) is 0 Å². The predicted molar refractivity (Wildman–Crippen MR) is 36.7 cm³/mol. The van der Waals surface area contributed by atoms with Crippen molar-refractivity contribution in [1.82, 2.24) is 0 Å². The van der Waals surface area contributed by atoms with Gasteiger partial charge in [0.1, 0.15) is 11.7 Å². The molecule has 0 aromatic rings. The summed E-state index contributed by atoms with van der Waals surface area (Å²) in [6.07, 6.45) is 1.74. The van der Waals surface area contributed by atoms with Gasteiger partial charge in [-0.25, -0.2) is 0 Å². The summed E-state index contributed by atoms with van der Waals surface area (Å²) in [5, 5.41) is 0. The third kappa shape index (κ3) is 0.870. The van der Waals surface area contributed by atoms with Crippen LogP contribution in [0.3, 0.4) is 0 Å². The van der Waals surface area contributed by atoms with E-state index in [1.165, 1.54) is 7.11 Å². The summed E-state index contributed by atoms with van der Waals surface area (Å²) in [4.78, 5) is 22.2. The van der Waals surface area contributed by atoms with Crippen molar-refractivity contribution in [1.29, 1.82) is 0 Å². The van der Waals surface area contributed by atoms with Gasteiger partial charge in [0.2, 0.25) is 0 Å². The standard InChI is InChI=1S/C8H10O3/c1-11-8(10)6-3-4-2-5(4)7(6)9/h4-6H,2-3H2,1H3. The zero-order valence-corrected chi connectivity index (χ0v) is 6.37. The molecule has 0 spiro atoms. The highest BCUT2D eigenvalue weighted by atomic mass is 16.5. The molecule has 0 amide bonds. The minimum absolute atomic E-state index is 0.113. The van der Waals surface area contributed by atoms with Gasteiger partial charge in [0.25, 0.3) is 0 Å². The van der Waals surface area contributed by atoms with Gasteiger partial charge in [0.15, 0.2) is 0 Å². The second-order valence-corrected chi connectivity index (χ2v) is 3.32. The number of rotatable bonds is 1. The Morgan fingerprint density at radius 2 is 2.27 bits per heavy atom. The second kappa shape index (κ2) is 2.06. The maximum atomic E-state index is 11.2. The molecule has 0 aromatic heterocycles. The first-order chi connectivity index (χ1) is 5.24. The van der Waals surface area contributed by atoms with E-state index in [4.69, 9.17) is 0 Å². The molecule has 60 valence electrons. The molecule has 0 radical (unpaired) electrons. The molecule has 3 nitrogen and oxygen atoms in total. The maximum Gasteiger partial charge on any atom is 0.316 e. The van der Waals surface area contributed by atoms with Crippen LogP contribution in [0.2, 0.25) is 0 Å². The van der Waals surface area contributed by atoms with E-state index in [1.807, 2.05) is 0 Å². The molecule has 2 saturated carbocycles. The second-order valence-electron chi connectivity index (χ2n) is 3.32. The van der Waals surface area contributed by atoms with E-state index in [1.54, 1.807) is 0 Å². The average Bonchev–Trinajstić information content (AvgIpc) is 2.71. The Kier molecular flexibility index (Phi) is 1.28. The summed E-state index contributed by atoms with van der Waals surface area (Å²) < 4.78 is 4.51. The number of methoxy groups -OCH3 is 1. The summed E-state index contributed by atoms with van der Waals surface area (Å²) in [6, 6.07) is 0. The van der Waals surface area contributed by atoms with Gasteiger partial charge in [-0.05, 0) is 18.8 Å². The zero-order valence-electron chi connectivity index (χ0n) is 6.37. The molecule has 3 atom stereocenters. The smallest absolute Gasteiger partial charge is 0.316 e. The fourth-order valence-electron chi connectivity index (χ4n) is 1.89. The molecule has 0 heterocycles. The van der Waals surface area contributed by atoms with Crippen LogP contribution in [0.15, 0.2) is 0 Å². The number of esters is 1. The molecule has 3 heteroatoms. The summed E-state index contributed by atoms with van der Waals surface area (Å²) in [5.41, 5.74) is 0. The van der Waals surface area contributed by atoms with Gasteiger partial charge >= 0.3 is 5.97 Å². The largest absolute Gasteiger partial charge is 0.468 e. The first-order valence-corrected chi connectivity index (χ1v) is 3.85. The molecule has 2 rings (SSSR count). The van der Waals surface area contributed by atoms with Gasteiger partial charge in [-0.3, -0.25) is 9.59 Å². The summed E-state index contributed by atoms with van der Waals surface area (Å²) in [7, 11) is 1.33. The highest BCUT2D eigenvalue weighted by molar-refractivity contribution is 6.03. The van der Waals surface area contributed by atoms with Gasteiger partial charge in [-0.15, -0.1) is 0 Å². The number of Topliss-reactive ketones (excluding diaryl/α,β-unsaturated/α-hetero) is 1. The number of fused-ring (bicyclic) bond motifs is 1.